The predicted octanol–water partition coefficient (Wildman–Crippen LogP) is 6.26. The molecule has 2 aromatic heterocycles. The minimum absolute atomic E-state index is 0.0362. The van der Waals surface area contributed by atoms with E-state index in [0.29, 0.717) is 34.2 Å². The summed E-state index contributed by atoms with van der Waals surface area (Å²) in [7, 11) is 0. The fraction of sp³-hybridized carbons (Fsp3) is 0.267. The van der Waals surface area contributed by atoms with E-state index in [1.807, 2.05) is 26.8 Å². The number of anilines is 2. The number of hydrogen-bond acceptors (Lipinski definition) is 8. The molecule has 1 aromatic carbocycles. The van der Waals surface area contributed by atoms with Gasteiger partial charge < -0.3 is 20.9 Å². The van der Waals surface area contributed by atoms with Gasteiger partial charge in [-0.1, -0.05) is 44.3 Å². The van der Waals surface area contributed by atoms with Crippen LogP contribution in [0.2, 0.25) is 0 Å². The van der Waals surface area contributed by atoms with Gasteiger partial charge in [-0.15, -0.1) is 0 Å². The van der Waals surface area contributed by atoms with Gasteiger partial charge in [-0.25, -0.2) is 15.8 Å². The molecule has 1 aliphatic carbocycles. The Hall–Kier alpha value is -4.69. The van der Waals surface area contributed by atoms with Crippen LogP contribution in [0.25, 0.3) is 11.4 Å². The number of nitrogens with one attached hydrogen (secondary N) is 2. The number of rotatable bonds is 8. The van der Waals surface area contributed by atoms with Gasteiger partial charge in [-0.2, -0.15) is 13.2 Å². The van der Waals surface area contributed by atoms with Crippen LogP contribution >= 0.6 is 11.3 Å². The normalized spacial score (nSPS) is 13.5. The van der Waals surface area contributed by atoms with Gasteiger partial charge in [0.2, 0.25) is 5.91 Å². The summed E-state index contributed by atoms with van der Waals surface area (Å²) in [5.41, 5.74) is 7.75. The molecule has 0 unspecified atom stereocenters. The van der Waals surface area contributed by atoms with E-state index in [1.165, 1.54) is 51.8 Å². The van der Waals surface area contributed by atoms with E-state index in [2.05, 4.69) is 20.6 Å². The second-order valence-electron chi connectivity index (χ2n) is 9.38. The van der Waals surface area contributed by atoms with Gasteiger partial charge in [0.1, 0.15) is 0 Å². The Labute approximate surface area is 257 Å². The highest BCUT2D eigenvalue weighted by Gasteiger charge is 2.31. The zero-order chi connectivity index (χ0) is 32.6. The maximum Gasteiger partial charge on any atom is 0.416 e. The molecule has 0 aliphatic heterocycles. The molecule has 234 valence electrons. The maximum atomic E-state index is 13.7. The monoisotopic (exact) mass is 628 g/mol. The lowest BCUT2D eigenvalue weighted by Gasteiger charge is -2.19. The molecule has 0 atom stereocenters. The topological polar surface area (TPSA) is 144 Å². The van der Waals surface area contributed by atoms with E-state index in [4.69, 9.17) is 11.6 Å². The Morgan fingerprint density at radius 2 is 1.86 bits per heavy atom. The minimum atomic E-state index is -4.63. The molecule has 10 nitrogen and oxygen atoms in total. The number of thiazole rings is 1. The number of aromatic nitrogens is 3. The Bertz CT molecular complexity index is 1630. The van der Waals surface area contributed by atoms with Crippen molar-refractivity contribution in [3.8, 4) is 5.69 Å². The van der Waals surface area contributed by atoms with E-state index in [0.717, 1.165) is 17.7 Å². The van der Waals surface area contributed by atoms with Gasteiger partial charge >= 0.3 is 6.18 Å². The SMILES string of the molecule is CC.CCC(=O)Nc1ncc(/C(N)=C/N(N)C2=CC(C(=O)Nc3cc(-n4cnc(C)c4)cc(C(F)(F)F)c3)=CCC=C2C)s1. The van der Waals surface area contributed by atoms with Crippen molar-refractivity contribution < 1.29 is 22.8 Å². The van der Waals surface area contributed by atoms with Gasteiger partial charge in [0.25, 0.3) is 5.91 Å². The number of allylic oxidation sites excluding steroid dienone is 3. The van der Waals surface area contributed by atoms with Gasteiger partial charge in [-0.05, 0) is 50.1 Å². The highest BCUT2D eigenvalue weighted by atomic mass is 32.1. The quantitative estimate of drug-likeness (QED) is 0.170. The number of hydrazine groups is 1. The molecular formula is C30H35F3N8O2S. The van der Waals surface area contributed by atoms with E-state index < -0.39 is 17.6 Å². The molecule has 0 fully saturated rings. The lowest BCUT2D eigenvalue weighted by Crippen LogP contribution is -2.27. The van der Waals surface area contributed by atoms with Crippen LogP contribution in [-0.4, -0.2) is 31.4 Å². The van der Waals surface area contributed by atoms with Crippen molar-refractivity contribution in [2.45, 2.75) is 53.6 Å². The van der Waals surface area contributed by atoms with E-state index in [-0.39, 0.29) is 28.6 Å². The molecule has 2 heterocycles. The zero-order valence-corrected chi connectivity index (χ0v) is 25.8. The summed E-state index contributed by atoms with van der Waals surface area (Å²) in [5.74, 6) is 5.51. The smallest absolute Gasteiger partial charge is 0.396 e. The Kier molecular flexibility index (Phi) is 11.3. The summed E-state index contributed by atoms with van der Waals surface area (Å²) >= 11 is 1.17. The number of benzene rings is 1. The second-order valence-corrected chi connectivity index (χ2v) is 10.4. The first-order valence-electron chi connectivity index (χ1n) is 13.7. The van der Waals surface area contributed by atoms with Crippen molar-refractivity contribution in [1.82, 2.24) is 19.5 Å². The van der Waals surface area contributed by atoms with Crippen molar-refractivity contribution in [3.05, 3.63) is 94.3 Å². The van der Waals surface area contributed by atoms with Crippen LogP contribution < -0.4 is 22.2 Å². The number of nitrogens with zero attached hydrogens (tertiary/aromatic N) is 4. The first-order chi connectivity index (χ1) is 20.8. The molecule has 0 saturated carbocycles. The first kappa shape index (κ1) is 33.8. The number of halogens is 3. The van der Waals surface area contributed by atoms with Crippen molar-refractivity contribution in [1.29, 1.82) is 0 Å². The highest BCUT2D eigenvalue weighted by molar-refractivity contribution is 7.16. The summed E-state index contributed by atoms with van der Waals surface area (Å²) in [6.07, 6.45) is 7.04. The first-order valence-corrected chi connectivity index (χ1v) is 14.6. The maximum absolute atomic E-state index is 13.7. The predicted molar refractivity (Wildman–Crippen MR) is 167 cm³/mol. The molecular weight excluding hydrogens is 593 g/mol. The van der Waals surface area contributed by atoms with E-state index in [9.17, 15) is 22.8 Å². The Balaban J connectivity index is 0.00000259. The Morgan fingerprint density at radius 3 is 2.50 bits per heavy atom. The molecule has 44 heavy (non-hydrogen) atoms. The van der Waals surface area contributed by atoms with E-state index >= 15 is 0 Å². The summed E-state index contributed by atoms with van der Waals surface area (Å²) in [6, 6.07) is 3.30. The average molecular weight is 629 g/mol. The van der Waals surface area contributed by atoms with E-state index in [1.54, 1.807) is 26.1 Å². The van der Waals surface area contributed by atoms with Crippen molar-refractivity contribution in [2.24, 2.45) is 11.6 Å². The van der Waals surface area contributed by atoms with Gasteiger partial charge in [0.05, 0.1) is 33.9 Å². The molecule has 14 heteroatoms. The number of alkyl halides is 3. The molecule has 6 N–H and O–H groups in total. The number of amides is 2. The van der Waals surface area contributed by atoms with Gasteiger partial charge in [0.15, 0.2) is 5.13 Å². The second kappa shape index (κ2) is 14.7. The molecule has 0 radical (unpaired) electrons. The van der Waals surface area contributed by atoms with Gasteiger partial charge in [-0.3, -0.25) is 14.6 Å². The number of carbonyl (C=O) groups excluding carboxylic acids is 2. The molecule has 0 spiro atoms. The lowest BCUT2D eigenvalue weighted by atomic mass is 10.1. The molecule has 0 bridgehead atoms. The minimum Gasteiger partial charge on any atom is -0.396 e. The van der Waals surface area contributed by atoms with Crippen LogP contribution in [0.15, 0.2) is 78.2 Å². The summed E-state index contributed by atoms with van der Waals surface area (Å²) < 4.78 is 42.5. The van der Waals surface area contributed by atoms with Crippen LogP contribution in [0.3, 0.4) is 0 Å². The zero-order valence-electron chi connectivity index (χ0n) is 25.0. The number of carbonyl (C=O) groups is 2. The van der Waals surface area contributed by atoms with Crippen LogP contribution in [-0.2, 0) is 15.8 Å². The summed E-state index contributed by atoms with van der Waals surface area (Å²) in [5, 5.41) is 6.89. The third-order valence-electron chi connectivity index (χ3n) is 6.15. The number of aryl methyl sites for hydroxylation is 1. The molecule has 0 saturated heterocycles. The van der Waals surface area contributed by atoms with Crippen LogP contribution in [0.1, 0.15) is 56.7 Å². The Morgan fingerprint density at radius 1 is 1.14 bits per heavy atom. The average Bonchev–Trinajstić information content (AvgIpc) is 3.58. The third-order valence-corrected chi connectivity index (χ3v) is 7.11. The van der Waals surface area contributed by atoms with Crippen LogP contribution in [0.4, 0.5) is 24.0 Å². The van der Waals surface area contributed by atoms with Crippen molar-refractivity contribution in [2.75, 3.05) is 10.6 Å². The summed E-state index contributed by atoms with van der Waals surface area (Å²) in [6.45, 7) is 9.25. The fourth-order valence-electron chi connectivity index (χ4n) is 3.94. The van der Waals surface area contributed by atoms with Crippen molar-refractivity contribution in [3.63, 3.8) is 0 Å². The third kappa shape index (κ3) is 8.67. The van der Waals surface area contributed by atoms with Gasteiger partial charge in [0, 0.05) is 42.0 Å². The largest absolute Gasteiger partial charge is 0.416 e. The fourth-order valence-corrected chi connectivity index (χ4v) is 4.70. The molecule has 4 rings (SSSR count). The number of nitrogens with two attached hydrogens (primary N) is 2. The standard InChI is InChI=1S/C28H29F3N8O2S.C2H6/c1-4-25(40)37-27-34-12-24(42-27)22(32)14-39(33)23-8-18(7-5-6-16(23)2)26(41)36-20-9-19(28(29,30)31)10-21(11-20)38-13-17(3)35-15-38;1-2/h6-15H,4-5,32-33H2,1-3H3,(H,36,41)(H,34,37,40);1-2H3/b22-14-;. The lowest BCUT2D eigenvalue weighted by molar-refractivity contribution is -0.137. The van der Waals surface area contributed by atoms with Crippen LogP contribution in [0.5, 0.6) is 0 Å². The number of imidazole rings is 1. The summed E-state index contributed by atoms with van der Waals surface area (Å²) in [4.78, 5) is 33.7. The molecule has 2 amide bonds. The number of hydrogen-bond donors (Lipinski definition) is 4. The molecule has 3 aromatic rings. The molecule has 1 aliphatic rings. The van der Waals surface area contributed by atoms with Crippen molar-refractivity contribution >= 4 is 39.7 Å². The van der Waals surface area contributed by atoms with Crippen LogP contribution in [0, 0.1) is 6.92 Å². The highest BCUT2D eigenvalue weighted by Crippen LogP contribution is 2.33.